The fourth-order valence-electron chi connectivity index (χ4n) is 8.27. The monoisotopic (exact) mass is 664 g/mol. The Labute approximate surface area is 285 Å². The number of rotatable bonds is 5. The van der Waals surface area contributed by atoms with Crippen LogP contribution in [-0.4, -0.2) is 107 Å². The molecule has 1 N–H and O–H groups in total. The first-order chi connectivity index (χ1) is 23.8. The maximum Gasteiger partial charge on any atom is 0.600 e. The smallest absolute Gasteiger partial charge is 0.508 e. The molecule has 1 aromatic heterocycles. The van der Waals surface area contributed by atoms with E-state index in [0.29, 0.717) is 42.0 Å². The van der Waals surface area contributed by atoms with Crippen molar-refractivity contribution < 1.29 is 19.0 Å². The minimum atomic E-state index is -0.487. The number of hydrogen-bond acceptors (Lipinski definition) is 8. The molecule has 5 fully saturated rings. The van der Waals surface area contributed by atoms with Gasteiger partial charge in [-0.25, -0.2) is 9.29 Å². The van der Waals surface area contributed by atoms with Crippen molar-refractivity contribution >= 4 is 33.5 Å². The van der Waals surface area contributed by atoms with Gasteiger partial charge >= 0.3 is 12.0 Å². The number of fused-ring (bicyclic) bond motifs is 6. The predicted molar refractivity (Wildman–Crippen MR) is 189 cm³/mol. The number of halogens is 1. The number of carbonyl (C=O) groups excluding carboxylic acids is 1. The van der Waals surface area contributed by atoms with Crippen LogP contribution in [0, 0.1) is 17.8 Å². The Kier molecular flexibility index (Phi) is 8.46. The number of aromatic hydroxyl groups is 1. The molecular weight excluding hydrogens is 621 g/mol. The van der Waals surface area contributed by atoms with E-state index in [-0.39, 0.29) is 47.4 Å². The van der Waals surface area contributed by atoms with Crippen LogP contribution in [0.4, 0.5) is 15.0 Å². The van der Waals surface area contributed by atoms with Crippen molar-refractivity contribution in [3.8, 4) is 29.0 Å². The number of benzene rings is 3. The summed E-state index contributed by atoms with van der Waals surface area (Å²) in [7, 11) is 4.17. The van der Waals surface area contributed by atoms with Crippen molar-refractivity contribution in [2.24, 2.45) is 5.92 Å². The maximum absolute atomic E-state index is 16.9. The number of phenolic OH excluding ortho intramolecular Hbond substituents is 1. The highest BCUT2D eigenvalue weighted by Crippen LogP contribution is 2.40. The van der Waals surface area contributed by atoms with Crippen LogP contribution in [0.5, 0.6) is 11.8 Å². The maximum atomic E-state index is 16.9. The molecule has 4 atom stereocenters. The number of aromatic nitrogens is 2. The Morgan fingerprint density at radius 1 is 0.959 bits per heavy atom. The lowest BCUT2D eigenvalue weighted by molar-refractivity contribution is 0.174. The number of ether oxygens (including phenoxy) is 1. The minimum absolute atomic E-state index is 0.0137. The van der Waals surface area contributed by atoms with Gasteiger partial charge in [-0.15, -0.1) is 4.85 Å². The molecule has 9 rings (SSSR count). The molecule has 0 aliphatic carbocycles. The summed E-state index contributed by atoms with van der Waals surface area (Å²) < 4.78 is 23.1. The summed E-state index contributed by atoms with van der Waals surface area (Å²) >= 11 is 0. The van der Waals surface area contributed by atoms with E-state index in [1.54, 1.807) is 18.2 Å². The number of carbonyl (C=O) groups is 1. The highest BCUT2D eigenvalue weighted by atomic mass is 19.1. The van der Waals surface area contributed by atoms with Gasteiger partial charge in [-0.3, -0.25) is 0 Å². The van der Waals surface area contributed by atoms with Gasteiger partial charge in [-0.2, -0.15) is 14.8 Å². The quantitative estimate of drug-likeness (QED) is 0.269. The molecule has 5 saturated heterocycles. The zero-order chi connectivity index (χ0) is 33.6. The zero-order valence-corrected chi connectivity index (χ0v) is 28.2. The van der Waals surface area contributed by atoms with Gasteiger partial charge in [0.2, 0.25) is 0 Å². The molecule has 5 aliphatic heterocycles. The first kappa shape index (κ1) is 31.7. The molecule has 0 spiro atoms. The third-order valence-electron chi connectivity index (χ3n) is 11.0. The van der Waals surface area contributed by atoms with Crippen molar-refractivity contribution in [3.63, 3.8) is 0 Å². The number of nitrogens with zero attached hydrogens (tertiary/aromatic N) is 7. The van der Waals surface area contributed by atoms with Gasteiger partial charge in [-0.05, 0) is 100 Å². The van der Waals surface area contributed by atoms with Gasteiger partial charge in [0.05, 0.1) is 18.5 Å². The number of phenols is 1. The van der Waals surface area contributed by atoms with Gasteiger partial charge in [0.15, 0.2) is 11.9 Å². The van der Waals surface area contributed by atoms with E-state index in [4.69, 9.17) is 14.7 Å². The fourth-order valence-corrected chi connectivity index (χ4v) is 8.27. The van der Waals surface area contributed by atoms with Crippen LogP contribution in [0.1, 0.15) is 38.5 Å². The average Bonchev–Trinajstić information content (AvgIpc) is 3.58. The molecule has 2 bridgehead atoms. The zero-order valence-electron chi connectivity index (χ0n) is 28.2. The molecule has 4 aromatic rings. The van der Waals surface area contributed by atoms with Crippen molar-refractivity contribution in [1.29, 1.82) is 0 Å². The van der Waals surface area contributed by atoms with Gasteiger partial charge in [-0.1, -0.05) is 30.3 Å². The normalized spacial score (nSPS) is 24.4. The summed E-state index contributed by atoms with van der Waals surface area (Å²) in [6.45, 7) is 4.38. The van der Waals surface area contributed by atoms with E-state index in [9.17, 15) is 9.90 Å². The first-order valence-corrected chi connectivity index (χ1v) is 17.6. The Morgan fingerprint density at radius 2 is 1.82 bits per heavy atom. The van der Waals surface area contributed by atoms with Crippen LogP contribution < -0.4 is 9.64 Å². The summed E-state index contributed by atoms with van der Waals surface area (Å²) in [5.74, 6) is 0.388. The van der Waals surface area contributed by atoms with Crippen molar-refractivity contribution in [2.45, 2.75) is 56.7 Å². The second-order valence-electron chi connectivity index (χ2n) is 14.3. The molecule has 2 amide bonds. The number of amides is 2. The SMILES string of the molecule is CN1CC[C@@H](C#[N+]C(=O)N2CC3CCCC2CN3c2nc(OC[C@@H]3CCCN3C)nc3c(F)c(-c4cc(O)cc5ccccc45)ccc23)C1. The summed E-state index contributed by atoms with van der Waals surface area (Å²) in [6, 6.07) is 17.8. The molecule has 3 aromatic carbocycles. The summed E-state index contributed by atoms with van der Waals surface area (Å²) in [6.07, 6.45) is 5.82. The molecule has 0 saturated carbocycles. The standard InChI is InChI=1S/C38H42FN7O3/c1-43-16-14-24(20-43)19-40-38(48)46-22-26-8-5-9-27(46)21-45(26)36-32-13-12-31(33-18-29(47)17-25-7-3-4-11-30(25)33)34(39)35(32)41-37(42-36)49-23-28-10-6-15-44(28)2/h3-4,7,11-13,17-18,24,26-28H,5-6,8-10,14-16,20-23H2,1-2H3/p+1/t24-,26?,27?,28-/m0/s1. The van der Waals surface area contributed by atoms with Crippen molar-refractivity contribution in [2.75, 3.05) is 58.3 Å². The molecule has 0 radical (unpaired) electrons. The predicted octanol–water partition coefficient (Wildman–Crippen LogP) is 6.22. The summed E-state index contributed by atoms with van der Waals surface area (Å²) in [5, 5.41) is 12.8. The molecule has 10 nitrogen and oxygen atoms in total. The topological polar surface area (TPSA) is 89.6 Å². The molecule has 5 aliphatic rings. The van der Waals surface area contributed by atoms with Crippen LogP contribution in [0.15, 0.2) is 48.5 Å². The van der Waals surface area contributed by atoms with Gasteiger partial charge in [0.1, 0.15) is 36.3 Å². The highest BCUT2D eigenvalue weighted by Gasteiger charge is 2.46. The van der Waals surface area contributed by atoms with E-state index in [0.717, 1.165) is 68.9 Å². The number of anilines is 1. The lowest BCUT2D eigenvalue weighted by Gasteiger charge is -2.39. The second kappa shape index (κ2) is 13.1. The number of likely N-dealkylation sites (N-methyl/N-ethyl adjacent to an activating group) is 1. The Bertz CT molecular complexity index is 1980. The first-order valence-electron chi connectivity index (χ1n) is 17.6. The van der Waals surface area contributed by atoms with Crippen LogP contribution in [0.2, 0.25) is 0 Å². The van der Waals surface area contributed by atoms with E-state index in [1.807, 2.05) is 35.2 Å². The third kappa shape index (κ3) is 6.13. The molecule has 6 heterocycles. The fraction of sp³-hybridized carbons (Fsp3) is 0.474. The van der Waals surface area contributed by atoms with Crippen LogP contribution in [-0.2, 0) is 0 Å². The van der Waals surface area contributed by atoms with Crippen LogP contribution in [0.3, 0.4) is 0 Å². The second-order valence-corrected chi connectivity index (χ2v) is 14.3. The van der Waals surface area contributed by atoms with Crippen molar-refractivity contribution in [3.05, 3.63) is 59.2 Å². The molecular formula is C38H43FN7O3+. The molecule has 2 unspecified atom stereocenters. The Morgan fingerprint density at radius 3 is 2.63 bits per heavy atom. The summed E-state index contributed by atoms with van der Waals surface area (Å²) in [4.78, 5) is 36.0. The number of urea groups is 1. The van der Waals surface area contributed by atoms with E-state index >= 15 is 4.39 Å². The van der Waals surface area contributed by atoms with E-state index in [1.165, 1.54) is 0 Å². The molecule has 254 valence electrons. The van der Waals surface area contributed by atoms with E-state index in [2.05, 4.69) is 39.7 Å². The average molecular weight is 665 g/mol. The minimum Gasteiger partial charge on any atom is -0.508 e. The number of hydrogen-bond donors (Lipinski definition) is 1. The summed E-state index contributed by atoms with van der Waals surface area (Å²) in [5.41, 5.74) is 1.12. The van der Waals surface area contributed by atoms with E-state index < -0.39 is 5.82 Å². The van der Waals surface area contributed by atoms with Crippen molar-refractivity contribution in [1.82, 2.24) is 24.7 Å². The Hall–Kier alpha value is -4.53. The number of likely N-dealkylation sites (tertiary alicyclic amines) is 2. The molecule has 11 heteroatoms. The van der Waals surface area contributed by atoms with Crippen LogP contribution in [0.25, 0.3) is 37.6 Å². The lowest BCUT2D eigenvalue weighted by Crippen LogP contribution is -2.57. The van der Waals surface area contributed by atoms with Crippen LogP contribution >= 0.6 is 0 Å². The Balaban J connectivity index is 1.17. The van der Waals surface area contributed by atoms with Gasteiger partial charge in [0.25, 0.3) is 0 Å². The third-order valence-corrected chi connectivity index (χ3v) is 11.0. The van der Waals surface area contributed by atoms with Gasteiger partial charge < -0.3 is 24.5 Å². The molecule has 49 heavy (non-hydrogen) atoms. The number of piperazine rings is 1. The van der Waals surface area contributed by atoms with Gasteiger partial charge in [0, 0.05) is 23.5 Å². The highest BCUT2D eigenvalue weighted by molar-refractivity contribution is 6.01. The lowest BCUT2D eigenvalue weighted by atomic mass is 9.96. The largest absolute Gasteiger partial charge is 0.600 e.